The summed E-state index contributed by atoms with van der Waals surface area (Å²) in [6.45, 7) is 7.34. The summed E-state index contributed by atoms with van der Waals surface area (Å²) in [5.41, 5.74) is 0.954. The monoisotopic (exact) mass is 387 g/mol. The number of piperazine rings is 1. The Morgan fingerprint density at radius 3 is 2.56 bits per heavy atom. The molecular formula is C18H27Cl2N3O2. The fourth-order valence-corrected chi connectivity index (χ4v) is 3.38. The lowest BCUT2D eigenvalue weighted by molar-refractivity contribution is -0.138. The quantitative estimate of drug-likeness (QED) is 0.816. The Hall–Kier alpha value is -1.30. The van der Waals surface area contributed by atoms with Crippen LogP contribution in [0.1, 0.15) is 38.3 Å². The van der Waals surface area contributed by atoms with Gasteiger partial charge in [0.15, 0.2) is 0 Å². The van der Waals surface area contributed by atoms with Crippen molar-refractivity contribution in [1.82, 2.24) is 15.1 Å². The average Bonchev–Trinajstić information content (AvgIpc) is 2.61. The van der Waals surface area contributed by atoms with Gasteiger partial charge in [0.2, 0.25) is 11.8 Å². The van der Waals surface area contributed by atoms with Crippen molar-refractivity contribution in [1.29, 1.82) is 0 Å². The lowest BCUT2D eigenvalue weighted by Crippen LogP contribution is -2.49. The smallest absolute Gasteiger partial charge is 0.223 e. The zero-order chi connectivity index (χ0) is 17.5. The van der Waals surface area contributed by atoms with Crippen LogP contribution in [0.2, 0.25) is 5.02 Å². The van der Waals surface area contributed by atoms with Crippen LogP contribution in [0.4, 0.5) is 0 Å². The van der Waals surface area contributed by atoms with E-state index < -0.39 is 0 Å². The Morgan fingerprint density at radius 2 is 1.92 bits per heavy atom. The summed E-state index contributed by atoms with van der Waals surface area (Å²) in [7, 11) is 0. The third kappa shape index (κ3) is 5.59. The minimum Gasteiger partial charge on any atom is -0.343 e. The van der Waals surface area contributed by atoms with E-state index in [0.717, 1.165) is 12.1 Å². The fourth-order valence-electron chi connectivity index (χ4n) is 3.12. The minimum atomic E-state index is -0.0801. The Kier molecular flexibility index (Phi) is 9.25. The molecule has 1 N–H and O–H groups in total. The molecule has 2 amide bonds. The summed E-state index contributed by atoms with van der Waals surface area (Å²) in [5.74, 6) is 0.0553. The van der Waals surface area contributed by atoms with E-state index >= 15 is 0 Å². The van der Waals surface area contributed by atoms with E-state index in [1.807, 2.05) is 43.0 Å². The first-order valence-electron chi connectivity index (χ1n) is 8.60. The summed E-state index contributed by atoms with van der Waals surface area (Å²) < 4.78 is 0. The van der Waals surface area contributed by atoms with Crippen LogP contribution in [0, 0.1) is 0 Å². The van der Waals surface area contributed by atoms with Gasteiger partial charge >= 0.3 is 0 Å². The number of rotatable bonds is 6. The van der Waals surface area contributed by atoms with Crippen molar-refractivity contribution < 1.29 is 9.59 Å². The maximum atomic E-state index is 12.7. The third-order valence-electron chi connectivity index (χ3n) is 4.50. The second kappa shape index (κ2) is 10.6. The molecule has 7 heteroatoms. The van der Waals surface area contributed by atoms with Crippen LogP contribution in [-0.2, 0) is 9.59 Å². The van der Waals surface area contributed by atoms with Crippen LogP contribution in [0.15, 0.2) is 24.3 Å². The molecule has 1 aliphatic heterocycles. The van der Waals surface area contributed by atoms with E-state index in [4.69, 9.17) is 11.6 Å². The first kappa shape index (κ1) is 21.7. The maximum absolute atomic E-state index is 12.7. The highest BCUT2D eigenvalue weighted by atomic mass is 35.5. The molecular weight excluding hydrogens is 361 g/mol. The van der Waals surface area contributed by atoms with Gasteiger partial charge in [0.25, 0.3) is 0 Å². The molecule has 0 spiro atoms. The van der Waals surface area contributed by atoms with Gasteiger partial charge < -0.3 is 15.1 Å². The van der Waals surface area contributed by atoms with E-state index in [1.165, 1.54) is 0 Å². The topological polar surface area (TPSA) is 52.7 Å². The van der Waals surface area contributed by atoms with E-state index in [9.17, 15) is 9.59 Å². The average molecular weight is 388 g/mol. The largest absolute Gasteiger partial charge is 0.343 e. The molecule has 1 aliphatic rings. The number of carbonyl (C=O) groups excluding carboxylic acids is 2. The molecule has 1 saturated heterocycles. The Balaban J connectivity index is 0.00000312. The van der Waals surface area contributed by atoms with E-state index in [-0.39, 0.29) is 43.1 Å². The molecule has 1 aromatic carbocycles. The molecule has 0 bridgehead atoms. The SMILES string of the molecule is CCN(CC)C(=O)CCC(=O)N1CCNCC1c1ccccc1Cl.Cl. The maximum Gasteiger partial charge on any atom is 0.223 e. The molecule has 1 aromatic rings. The van der Waals surface area contributed by atoms with Crippen molar-refractivity contribution in [2.24, 2.45) is 0 Å². The second-order valence-electron chi connectivity index (χ2n) is 5.89. The molecule has 2 rings (SSSR count). The second-order valence-corrected chi connectivity index (χ2v) is 6.30. The van der Waals surface area contributed by atoms with Gasteiger partial charge in [-0.25, -0.2) is 0 Å². The number of benzene rings is 1. The normalized spacial score (nSPS) is 16.9. The molecule has 0 radical (unpaired) electrons. The molecule has 25 heavy (non-hydrogen) atoms. The summed E-state index contributed by atoms with van der Waals surface area (Å²) in [4.78, 5) is 28.4. The lowest BCUT2D eigenvalue weighted by atomic mass is 10.0. The van der Waals surface area contributed by atoms with Crippen molar-refractivity contribution in [2.75, 3.05) is 32.7 Å². The molecule has 0 aliphatic carbocycles. The van der Waals surface area contributed by atoms with Crippen molar-refractivity contribution in [2.45, 2.75) is 32.7 Å². The van der Waals surface area contributed by atoms with Gasteiger partial charge in [-0.2, -0.15) is 0 Å². The van der Waals surface area contributed by atoms with Crippen LogP contribution in [0.5, 0.6) is 0 Å². The number of carbonyl (C=O) groups is 2. The number of hydrogen-bond donors (Lipinski definition) is 1. The predicted octanol–water partition coefficient (Wildman–Crippen LogP) is 2.88. The minimum absolute atomic E-state index is 0. The van der Waals surface area contributed by atoms with Crippen LogP contribution in [0.3, 0.4) is 0 Å². The molecule has 1 heterocycles. The van der Waals surface area contributed by atoms with Gasteiger partial charge in [0, 0.05) is 50.6 Å². The van der Waals surface area contributed by atoms with Gasteiger partial charge in [-0.1, -0.05) is 29.8 Å². The molecule has 0 aromatic heterocycles. The Bertz CT molecular complexity index is 579. The molecule has 140 valence electrons. The highest BCUT2D eigenvalue weighted by Crippen LogP contribution is 2.29. The fraction of sp³-hybridized carbons (Fsp3) is 0.556. The van der Waals surface area contributed by atoms with E-state index in [0.29, 0.717) is 31.2 Å². The summed E-state index contributed by atoms with van der Waals surface area (Å²) in [6.07, 6.45) is 0.510. The highest BCUT2D eigenvalue weighted by Gasteiger charge is 2.29. The molecule has 1 atom stereocenters. The Morgan fingerprint density at radius 1 is 1.24 bits per heavy atom. The number of halogens is 2. The number of nitrogens with zero attached hydrogens (tertiary/aromatic N) is 2. The van der Waals surface area contributed by atoms with Crippen molar-refractivity contribution in [3.05, 3.63) is 34.9 Å². The van der Waals surface area contributed by atoms with Crippen molar-refractivity contribution in [3.63, 3.8) is 0 Å². The summed E-state index contributed by atoms with van der Waals surface area (Å²) in [5, 5.41) is 3.99. The van der Waals surface area contributed by atoms with Gasteiger partial charge in [0.1, 0.15) is 0 Å². The number of amides is 2. The van der Waals surface area contributed by atoms with Crippen LogP contribution >= 0.6 is 24.0 Å². The Labute approximate surface area is 161 Å². The van der Waals surface area contributed by atoms with Gasteiger partial charge in [-0.05, 0) is 25.5 Å². The summed E-state index contributed by atoms with van der Waals surface area (Å²) in [6, 6.07) is 7.54. The van der Waals surface area contributed by atoms with Crippen molar-refractivity contribution in [3.8, 4) is 0 Å². The third-order valence-corrected chi connectivity index (χ3v) is 4.84. The van der Waals surface area contributed by atoms with Crippen LogP contribution < -0.4 is 5.32 Å². The standard InChI is InChI=1S/C18H26ClN3O2.ClH/c1-3-21(4-2)17(23)9-10-18(24)22-12-11-20-13-16(22)14-7-5-6-8-15(14)19;/h5-8,16,20H,3-4,9-13H2,1-2H3;1H. The van der Waals surface area contributed by atoms with Crippen molar-refractivity contribution >= 4 is 35.8 Å². The van der Waals surface area contributed by atoms with E-state index in [1.54, 1.807) is 4.90 Å². The van der Waals surface area contributed by atoms with E-state index in [2.05, 4.69) is 5.32 Å². The number of nitrogens with one attached hydrogen (secondary N) is 1. The first-order valence-corrected chi connectivity index (χ1v) is 8.98. The summed E-state index contributed by atoms with van der Waals surface area (Å²) >= 11 is 6.31. The van der Waals surface area contributed by atoms with Gasteiger partial charge in [-0.15, -0.1) is 12.4 Å². The molecule has 0 saturated carbocycles. The zero-order valence-corrected chi connectivity index (χ0v) is 16.4. The van der Waals surface area contributed by atoms with Gasteiger partial charge in [-0.3, -0.25) is 9.59 Å². The zero-order valence-electron chi connectivity index (χ0n) is 14.8. The predicted molar refractivity (Wildman–Crippen MR) is 103 cm³/mol. The highest BCUT2D eigenvalue weighted by molar-refractivity contribution is 6.31. The molecule has 1 fully saturated rings. The number of hydrogen-bond acceptors (Lipinski definition) is 3. The molecule has 5 nitrogen and oxygen atoms in total. The van der Waals surface area contributed by atoms with Crippen LogP contribution in [0.25, 0.3) is 0 Å². The molecule has 1 unspecified atom stereocenters. The first-order chi connectivity index (χ1) is 11.6. The van der Waals surface area contributed by atoms with Crippen LogP contribution in [-0.4, -0.2) is 54.3 Å². The lowest BCUT2D eigenvalue weighted by Gasteiger charge is -2.37. The van der Waals surface area contributed by atoms with Gasteiger partial charge in [0.05, 0.1) is 6.04 Å².